The Morgan fingerprint density at radius 1 is 1.03 bits per heavy atom. The summed E-state index contributed by atoms with van der Waals surface area (Å²) in [5.41, 5.74) is 3.73. The second kappa shape index (κ2) is 7.07. The zero-order valence-electron chi connectivity index (χ0n) is 16.5. The summed E-state index contributed by atoms with van der Waals surface area (Å²) in [5.74, 6) is -0.493. The lowest BCUT2D eigenvalue weighted by Crippen LogP contribution is -2.41. The van der Waals surface area contributed by atoms with Crippen molar-refractivity contribution in [1.29, 1.82) is 0 Å². The van der Waals surface area contributed by atoms with Crippen molar-refractivity contribution in [3.05, 3.63) is 65.4 Å². The van der Waals surface area contributed by atoms with Gasteiger partial charge in [0.15, 0.2) is 15.5 Å². The first kappa shape index (κ1) is 19.0. The van der Waals surface area contributed by atoms with Crippen molar-refractivity contribution in [2.24, 2.45) is 0 Å². The minimum atomic E-state index is -3.57. The monoisotopic (exact) mass is 423 g/mol. The number of aromatic nitrogens is 2. The van der Waals surface area contributed by atoms with E-state index in [0.29, 0.717) is 43.1 Å². The van der Waals surface area contributed by atoms with E-state index in [4.69, 9.17) is 4.74 Å². The lowest BCUT2D eigenvalue weighted by atomic mass is 10.0. The van der Waals surface area contributed by atoms with Crippen molar-refractivity contribution in [2.75, 3.05) is 26.3 Å². The molecule has 1 amide bonds. The number of hydrogen-bond donors (Lipinski definition) is 0. The van der Waals surface area contributed by atoms with Crippen LogP contribution in [0.5, 0.6) is 0 Å². The molecule has 1 fully saturated rings. The fourth-order valence-corrected chi connectivity index (χ4v) is 5.72. The van der Waals surface area contributed by atoms with E-state index in [0.717, 1.165) is 11.3 Å². The van der Waals surface area contributed by atoms with E-state index in [1.54, 1.807) is 27.8 Å². The van der Waals surface area contributed by atoms with E-state index in [1.807, 2.05) is 37.3 Å². The van der Waals surface area contributed by atoms with E-state index < -0.39 is 9.84 Å². The maximum absolute atomic E-state index is 13.3. The Balaban J connectivity index is 1.78. The number of ether oxygens (including phenoxy) is 1. The van der Waals surface area contributed by atoms with Crippen LogP contribution in [-0.2, 0) is 20.3 Å². The Bertz CT molecular complexity index is 1260. The predicted octanol–water partition coefficient (Wildman–Crippen LogP) is 2.61. The van der Waals surface area contributed by atoms with Crippen LogP contribution in [-0.4, -0.2) is 55.3 Å². The molecule has 0 bridgehead atoms. The molecule has 30 heavy (non-hydrogen) atoms. The van der Waals surface area contributed by atoms with Crippen molar-refractivity contribution in [3.8, 4) is 16.9 Å². The molecule has 3 aromatic rings. The van der Waals surface area contributed by atoms with Gasteiger partial charge >= 0.3 is 0 Å². The highest BCUT2D eigenvalue weighted by molar-refractivity contribution is 7.90. The third-order valence-electron chi connectivity index (χ3n) is 5.64. The molecule has 0 N–H and O–H groups in total. The number of morpholine rings is 1. The van der Waals surface area contributed by atoms with Gasteiger partial charge in [-0.25, -0.2) is 13.1 Å². The predicted molar refractivity (Wildman–Crippen MR) is 111 cm³/mol. The standard InChI is InChI=1S/C22H21N3O4S/c1-15-6-2-4-8-18(15)25-21-16-7-3-5-9-19(16)30(27,28)14-17(21)20(23-25)22(26)24-10-12-29-13-11-24/h2-9H,10-14H2,1H3. The summed E-state index contributed by atoms with van der Waals surface area (Å²) in [7, 11) is -3.57. The molecule has 0 saturated carbocycles. The quantitative estimate of drug-likeness (QED) is 0.633. The molecule has 154 valence electrons. The molecule has 2 aliphatic heterocycles. The first-order chi connectivity index (χ1) is 14.5. The van der Waals surface area contributed by atoms with Crippen LogP contribution in [0.4, 0.5) is 0 Å². The number of amides is 1. The molecule has 0 atom stereocenters. The highest BCUT2D eigenvalue weighted by Gasteiger charge is 2.37. The number of benzene rings is 2. The Morgan fingerprint density at radius 2 is 1.73 bits per heavy atom. The Hall–Kier alpha value is -2.97. The number of nitrogens with zero attached hydrogens (tertiary/aromatic N) is 3. The van der Waals surface area contributed by atoms with Crippen LogP contribution in [0.1, 0.15) is 21.6 Å². The molecule has 1 saturated heterocycles. The minimum absolute atomic E-state index is 0.202. The number of carbonyl (C=O) groups excluding carboxylic acids is 1. The number of carbonyl (C=O) groups is 1. The SMILES string of the molecule is Cc1ccccc1-n1nc(C(=O)N2CCOCC2)c2c1-c1ccccc1S(=O)(=O)C2. The van der Waals surface area contributed by atoms with Crippen LogP contribution in [0.25, 0.3) is 16.9 Å². The van der Waals surface area contributed by atoms with Crippen LogP contribution in [0.2, 0.25) is 0 Å². The number of sulfone groups is 1. The maximum atomic E-state index is 13.3. The van der Waals surface area contributed by atoms with Gasteiger partial charge in [0.25, 0.3) is 5.91 Å². The Kier molecular flexibility index (Phi) is 4.48. The third kappa shape index (κ3) is 2.95. The number of rotatable bonds is 2. The minimum Gasteiger partial charge on any atom is -0.378 e. The normalized spacial score (nSPS) is 17.3. The molecule has 0 unspecified atom stereocenters. The van der Waals surface area contributed by atoms with E-state index in [-0.39, 0.29) is 22.2 Å². The van der Waals surface area contributed by atoms with Crippen molar-refractivity contribution in [3.63, 3.8) is 0 Å². The zero-order chi connectivity index (χ0) is 20.9. The Morgan fingerprint density at radius 3 is 2.50 bits per heavy atom. The molecule has 3 heterocycles. The van der Waals surface area contributed by atoms with Gasteiger partial charge in [-0.2, -0.15) is 5.10 Å². The van der Waals surface area contributed by atoms with E-state index in [1.165, 1.54) is 0 Å². The fourth-order valence-electron chi connectivity index (χ4n) is 4.13. The van der Waals surface area contributed by atoms with Gasteiger partial charge in [-0.15, -0.1) is 0 Å². The largest absolute Gasteiger partial charge is 0.378 e. The molecule has 8 heteroatoms. The molecule has 2 aromatic carbocycles. The van der Waals surface area contributed by atoms with E-state index in [9.17, 15) is 13.2 Å². The molecule has 0 radical (unpaired) electrons. The van der Waals surface area contributed by atoms with Crippen LogP contribution in [0, 0.1) is 6.92 Å². The van der Waals surface area contributed by atoms with Gasteiger partial charge in [-0.05, 0) is 24.6 Å². The summed E-state index contributed by atoms with van der Waals surface area (Å²) >= 11 is 0. The second-order valence-corrected chi connectivity index (χ2v) is 9.49. The van der Waals surface area contributed by atoms with Gasteiger partial charge < -0.3 is 9.64 Å². The average Bonchev–Trinajstić information content (AvgIpc) is 3.12. The van der Waals surface area contributed by atoms with Crippen molar-refractivity contribution >= 4 is 15.7 Å². The lowest BCUT2D eigenvalue weighted by Gasteiger charge is -2.26. The molecule has 1 aromatic heterocycles. The highest BCUT2D eigenvalue weighted by atomic mass is 32.2. The zero-order valence-corrected chi connectivity index (χ0v) is 17.4. The van der Waals surface area contributed by atoms with Crippen LogP contribution >= 0.6 is 0 Å². The lowest BCUT2D eigenvalue weighted by molar-refractivity contribution is 0.0298. The number of hydrogen-bond acceptors (Lipinski definition) is 5. The smallest absolute Gasteiger partial charge is 0.274 e. The molecule has 0 aliphatic carbocycles. The summed E-state index contributed by atoms with van der Waals surface area (Å²) in [6.07, 6.45) is 0. The van der Waals surface area contributed by atoms with E-state index >= 15 is 0 Å². The van der Waals surface area contributed by atoms with Gasteiger partial charge in [0.05, 0.1) is 35.2 Å². The summed E-state index contributed by atoms with van der Waals surface area (Å²) in [6.45, 7) is 3.84. The van der Waals surface area contributed by atoms with Crippen molar-refractivity contribution in [2.45, 2.75) is 17.6 Å². The molecule has 5 rings (SSSR count). The molecular formula is C22H21N3O4S. The first-order valence-electron chi connectivity index (χ1n) is 9.84. The topological polar surface area (TPSA) is 81.5 Å². The molecule has 0 spiro atoms. The van der Waals surface area contributed by atoms with Crippen LogP contribution < -0.4 is 0 Å². The summed E-state index contributed by atoms with van der Waals surface area (Å²) < 4.78 is 33.1. The van der Waals surface area contributed by atoms with Gasteiger partial charge in [0, 0.05) is 24.2 Å². The third-order valence-corrected chi connectivity index (χ3v) is 7.33. The van der Waals surface area contributed by atoms with Gasteiger partial charge in [0.2, 0.25) is 0 Å². The van der Waals surface area contributed by atoms with Crippen molar-refractivity contribution in [1.82, 2.24) is 14.7 Å². The number of para-hydroxylation sites is 1. The summed E-state index contributed by atoms with van der Waals surface area (Å²) in [5, 5.41) is 4.68. The van der Waals surface area contributed by atoms with Gasteiger partial charge in [0.1, 0.15) is 0 Å². The van der Waals surface area contributed by atoms with Crippen LogP contribution in [0.15, 0.2) is 53.4 Å². The number of fused-ring (bicyclic) bond motifs is 3. The second-order valence-electron chi connectivity index (χ2n) is 7.53. The fraction of sp³-hybridized carbons (Fsp3) is 0.273. The first-order valence-corrected chi connectivity index (χ1v) is 11.5. The van der Waals surface area contributed by atoms with Gasteiger partial charge in [-0.3, -0.25) is 4.79 Å². The molecular weight excluding hydrogens is 402 g/mol. The molecule has 7 nitrogen and oxygen atoms in total. The number of aryl methyl sites for hydroxylation is 1. The summed E-state index contributed by atoms with van der Waals surface area (Å²) in [4.78, 5) is 15.3. The van der Waals surface area contributed by atoms with Crippen molar-refractivity contribution < 1.29 is 17.9 Å². The maximum Gasteiger partial charge on any atom is 0.274 e. The van der Waals surface area contributed by atoms with Gasteiger partial charge in [-0.1, -0.05) is 36.4 Å². The van der Waals surface area contributed by atoms with Crippen LogP contribution in [0.3, 0.4) is 0 Å². The molecule has 2 aliphatic rings. The summed E-state index contributed by atoms with van der Waals surface area (Å²) in [6, 6.07) is 14.7. The Labute approximate surface area is 174 Å². The highest BCUT2D eigenvalue weighted by Crippen LogP contribution is 2.41. The van der Waals surface area contributed by atoms with E-state index in [2.05, 4.69) is 5.10 Å². The average molecular weight is 423 g/mol.